The fraction of sp³-hybridized carbons (Fsp3) is 0.250. The summed E-state index contributed by atoms with van der Waals surface area (Å²) in [5, 5.41) is 8.67. The van der Waals surface area contributed by atoms with Crippen LogP contribution in [0.15, 0.2) is 30.5 Å². The third kappa shape index (κ3) is 2.59. The lowest BCUT2D eigenvalue weighted by atomic mass is 10.1. The molecular weight excluding hydrogens is 267 g/mol. The molecule has 4 nitrogen and oxygen atoms in total. The molecule has 3 aromatic rings. The van der Waals surface area contributed by atoms with Crippen LogP contribution in [-0.4, -0.2) is 14.8 Å². The quantitative estimate of drug-likeness (QED) is 0.802. The Balaban J connectivity index is 1.85. The molecule has 0 fully saturated rings. The number of anilines is 1. The molecule has 0 saturated heterocycles. The van der Waals surface area contributed by atoms with Gasteiger partial charge in [-0.1, -0.05) is 6.07 Å². The summed E-state index contributed by atoms with van der Waals surface area (Å²) in [5.74, 6) is -0.214. The van der Waals surface area contributed by atoms with E-state index >= 15 is 0 Å². The van der Waals surface area contributed by atoms with Gasteiger partial charge >= 0.3 is 0 Å². The summed E-state index contributed by atoms with van der Waals surface area (Å²) in [6.45, 7) is 4.50. The number of rotatable bonds is 3. The molecule has 0 saturated carbocycles. The third-order valence-electron chi connectivity index (χ3n) is 3.66. The second kappa shape index (κ2) is 5.16. The van der Waals surface area contributed by atoms with E-state index in [9.17, 15) is 4.39 Å². The van der Waals surface area contributed by atoms with Crippen molar-refractivity contribution in [2.45, 2.75) is 20.4 Å². The normalized spacial score (nSPS) is 11.0. The number of nitrogens with zero attached hydrogens (tertiary/aromatic N) is 3. The van der Waals surface area contributed by atoms with Crippen molar-refractivity contribution in [3.63, 3.8) is 0 Å². The number of aromatic nitrogens is 3. The monoisotopic (exact) mass is 284 g/mol. The second-order valence-electron chi connectivity index (χ2n) is 5.23. The van der Waals surface area contributed by atoms with E-state index in [1.807, 2.05) is 27.0 Å². The molecule has 21 heavy (non-hydrogen) atoms. The first-order valence-electron chi connectivity index (χ1n) is 6.83. The Hall–Kier alpha value is -2.43. The Morgan fingerprint density at radius 3 is 2.86 bits per heavy atom. The summed E-state index contributed by atoms with van der Waals surface area (Å²) in [6, 6.07) is 6.85. The minimum Gasteiger partial charge on any atom is -0.380 e. The van der Waals surface area contributed by atoms with Crippen molar-refractivity contribution in [3.05, 3.63) is 53.1 Å². The van der Waals surface area contributed by atoms with Crippen LogP contribution in [0.5, 0.6) is 0 Å². The molecule has 0 aliphatic carbocycles. The molecule has 0 radical (unpaired) electrons. The van der Waals surface area contributed by atoms with Crippen LogP contribution in [0.3, 0.4) is 0 Å². The minimum atomic E-state index is -0.214. The number of pyridine rings is 1. The second-order valence-corrected chi connectivity index (χ2v) is 5.23. The topological polar surface area (TPSA) is 42.7 Å². The summed E-state index contributed by atoms with van der Waals surface area (Å²) >= 11 is 0. The molecule has 2 heterocycles. The van der Waals surface area contributed by atoms with E-state index in [0.29, 0.717) is 6.54 Å². The Labute approximate surface area is 122 Å². The maximum absolute atomic E-state index is 13.3. The highest BCUT2D eigenvalue weighted by molar-refractivity contribution is 5.81. The van der Waals surface area contributed by atoms with Gasteiger partial charge in [0.25, 0.3) is 0 Å². The van der Waals surface area contributed by atoms with Gasteiger partial charge in [-0.2, -0.15) is 5.10 Å². The zero-order chi connectivity index (χ0) is 15.0. The summed E-state index contributed by atoms with van der Waals surface area (Å²) in [5.41, 5.74) is 4.72. The van der Waals surface area contributed by atoms with Crippen molar-refractivity contribution >= 4 is 16.7 Å². The van der Waals surface area contributed by atoms with Crippen molar-refractivity contribution in [3.8, 4) is 0 Å². The Bertz CT molecular complexity index is 807. The van der Waals surface area contributed by atoms with Crippen molar-refractivity contribution in [2.75, 3.05) is 5.32 Å². The lowest BCUT2D eigenvalue weighted by molar-refractivity contribution is 0.625. The van der Waals surface area contributed by atoms with Crippen LogP contribution < -0.4 is 5.32 Å². The van der Waals surface area contributed by atoms with Crippen molar-refractivity contribution in [2.24, 2.45) is 7.05 Å². The number of benzene rings is 1. The first-order valence-corrected chi connectivity index (χ1v) is 6.83. The average molecular weight is 284 g/mol. The molecule has 5 heteroatoms. The predicted molar refractivity (Wildman–Crippen MR) is 81.7 cm³/mol. The van der Waals surface area contributed by atoms with Crippen LogP contribution in [0.2, 0.25) is 0 Å². The van der Waals surface area contributed by atoms with Gasteiger partial charge < -0.3 is 5.32 Å². The SMILES string of the molecule is Cc1ccc(F)cc1CNc1cnc2c(c1)c(C)nn2C. The molecule has 3 rings (SSSR count). The number of hydrogen-bond donors (Lipinski definition) is 1. The van der Waals surface area contributed by atoms with E-state index in [1.54, 1.807) is 23.0 Å². The number of aryl methyl sites for hydroxylation is 3. The van der Waals surface area contributed by atoms with Gasteiger partial charge in [-0.25, -0.2) is 9.37 Å². The fourth-order valence-electron chi connectivity index (χ4n) is 2.43. The van der Waals surface area contributed by atoms with E-state index in [4.69, 9.17) is 0 Å². The highest BCUT2D eigenvalue weighted by Crippen LogP contribution is 2.20. The van der Waals surface area contributed by atoms with E-state index in [-0.39, 0.29) is 5.82 Å². The number of halogens is 1. The van der Waals surface area contributed by atoms with Crippen LogP contribution in [0.25, 0.3) is 11.0 Å². The highest BCUT2D eigenvalue weighted by Gasteiger charge is 2.07. The molecule has 0 aliphatic heterocycles. The molecule has 2 aromatic heterocycles. The number of nitrogens with one attached hydrogen (secondary N) is 1. The molecule has 0 aliphatic rings. The molecule has 1 aromatic carbocycles. The van der Waals surface area contributed by atoms with Gasteiger partial charge in [0.15, 0.2) is 5.65 Å². The summed E-state index contributed by atoms with van der Waals surface area (Å²) in [4.78, 5) is 4.42. The van der Waals surface area contributed by atoms with Crippen molar-refractivity contribution in [1.82, 2.24) is 14.8 Å². The Kier molecular flexibility index (Phi) is 3.33. The van der Waals surface area contributed by atoms with Crippen LogP contribution in [0.4, 0.5) is 10.1 Å². The Morgan fingerprint density at radius 1 is 1.24 bits per heavy atom. The lowest BCUT2D eigenvalue weighted by Crippen LogP contribution is -2.02. The van der Waals surface area contributed by atoms with Crippen molar-refractivity contribution < 1.29 is 4.39 Å². The molecule has 0 amide bonds. The van der Waals surface area contributed by atoms with Crippen LogP contribution in [0, 0.1) is 19.7 Å². The van der Waals surface area contributed by atoms with E-state index in [0.717, 1.165) is 33.5 Å². The molecule has 108 valence electrons. The predicted octanol–water partition coefficient (Wildman–Crippen LogP) is 3.34. The molecule has 0 unspecified atom stereocenters. The zero-order valence-electron chi connectivity index (χ0n) is 12.3. The smallest absolute Gasteiger partial charge is 0.157 e. The van der Waals surface area contributed by atoms with Crippen molar-refractivity contribution in [1.29, 1.82) is 0 Å². The van der Waals surface area contributed by atoms with Gasteiger partial charge in [-0.15, -0.1) is 0 Å². The zero-order valence-corrected chi connectivity index (χ0v) is 12.3. The van der Waals surface area contributed by atoms with Crippen LogP contribution >= 0.6 is 0 Å². The first-order chi connectivity index (χ1) is 10.0. The summed E-state index contributed by atoms with van der Waals surface area (Å²) < 4.78 is 15.1. The fourth-order valence-corrected chi connectivity index (χ4v) is 2.43. The first kappa shape index (κ1) is 13.5. The van der Waals surface area contributed by atoms with Crippen LogP contribution in [-0.2, 0) is 13.6 Å². The summed E-state index contributed by atoms with van der Waals surface area (Å²) in [7, 11) is 1.88. The van der Waals surface area contributed by atoms with Gasteiger partial charge in [-0.05, 0) is 43.2 Å². The van der Waals surface area contributed by atoms with E-state index in [1.165, 1.54) is 6.07 Å². The van der Waals surface area contributed by atoms with E-state index in [2.05, 4.69) is 15.4 Å². The average Bonchev–Trinajstić information content (AvgIpc) is 2.75. The van der Waals surface area contributed by atoms with E-state index < -0.39 is 0 Å². The summed E-state index contributed by atoms with van der Waals surface area (Å²) in [6.07, 6.45) is 1.78. The minimum absolute atomic E-state index is 0.214. The van der Waals surface area contributed by atoms with Crippen LogP contribution in [0.1, 0.15) is 16.8 Å². The standard InChI is InChI=1S/C16H17FN4/c1-10-4-5-13(17)6-12(10)8-18-14-7-15-11(2)20-21(3)16(15)19-9-14/h4-7,9,18H,8H2,1-3H3. The molecule has 0 bridgehead atoms. The maximum atomic E-state index is 13.3. The Morgan fingerprint density at radius 2 is 2.05 bits per heavy atom. The largest absolute Gasteiger partial charge is 0.380 e. The van der Waals surface area contributed by atoms with Gasteiger partial charge in [-0.3, -0.25) is 4.68 Å². The van der Waals surface area contributed by atoms with Gasteiger partial charge in [0.1, 0.15) is 5.82 Å². The maximum Gasteiger partial charge on any atom is 0.157 e. The van der Waals surface area contributed by atoms with Gasteiger partial charge in [0.2, 0.25) is 0 Å². The van der Waals surface area contributed by atoms with Gasteiger partial charge in [0, 0.05) is 19.0 Å². The molecule has 0 atom stereocenters. The third-order valence-corrected chi connectivity index (χ3v) is 3.66. The number of hydrogen-bond acceptors (Lipinski definition) is 3. The number of fused-ring (bicyclic) bond motifs is 1. The highest BCUT2D eigenvalue weighted by atomic mass is 19.1. The molecule has 1 N–H and O–H groups in total. The molecule has 0 spiro atoms. The lowest BCUT2D eigenvalue weighted by Gasteiger charge is -2.09. The molecular formula is C16H17FN4. The van der Waals surface area contributed by atoms with Gasteiger partial charge in [0.05, 0.1) is 17.6 Å².